The third-order valence-corrected chi connectivity index (χ3v) is 8.69. The zero-order chi connectivity index (χ0) is 27.6. The lowest BCUT2D eigenvalue weighted by molar-refractivity contribution is 1.18. The molecule has 2 aromatic heterocycles. The van der Waals surface area contributed by atoms with Crippen molar-refractivity contribution in [1.29, 1.82) is 0 Å². The number of rotatable bonds is 3. The molecule has 2 heteroatoms. The summed E-state index contributed by atoms with van der Waals surface area (Å²) < 4.78 is 4.75. The van der Waals surface area contributed by atoms with Gasteiger partial charge in [-0.1, -0.05) is 97.1 Å². The molecule has 7 aromatic carbocycles. The number of nitrogens with zero attached hydrogens (tertiary/aromatic N) is 2. The van der Waals surface area contributed by atoms with Crippen LogP contribution in [0, 0.1) is 0 Å². The highest BCUT2D eigenvalue weighted by atomic mass is 15.0. The van der Waals surface area contributed by atoms with E-state index in [1.807, 2.05) is 0 Å². The molecule has 9 rings (SSSR count). The van der Waals surface area contributed by atoms with Gasteiger partial charge < -0.3 is 9.13 Å². The monoisotopic (exact) mass is 534 g/mol. The molecule has 42 heavy (non-hydrogen) atoms. The van der Waals surface area contributed by atoms with Gasteiger partial charge in [0.15, 0.2) is 0 Å². The average molecular weight is 535 g/mol. The van der Waals surface area contributed by atoms with E-state index in [0.29, 0.717) is 0 Å². The van der Waals surface area contributed by atoms with Gasteiger partial charge in [-0.3, -0.25) is 0 Å². The minimum atomic E-state index is 1.18. The maximum absolute atomic E-state index is 2.38. The van der Waals surface area contributed by atoms with Crippen LogP contribution in [0.25, 0.3) is 76.9 Å². The Hall–Kier alpha value is -5.60. The molecule has 0 fully saturated rings. The van der Waals surface area contributed by atoms with Gasteiger partial charge in [0.25, 0.3) is 0 Å². The van der Waals surface area contributed by atoms with Crippen LogP contribution in [0.2, 0.25) is 0 Å². The lowest BCUT2D eigenvalue weighted by Gasteiger charge is -2.10. The molecular formula is C40H26N2. The van der Waals surface area contributed by atoms with Crippen LogP contribution < -0.4 is 0 Å². The molecule has 196 valence electrons. The number of aromatic nitrogens is 2. The fraction of sp³-hybridized carbons (Fsp3) is 0. The van der Waals surface area contributed by atoms with E-state index in [2.05, 4.69) is 167 Å². The van der Waals surface area contributed by atoms with Gasteiger partial charge in [-0.15, -0.1) is 0 Å². The van der Waals surface area contributed by atoms with Gasteiger partial charge in [-0.2, -0.15) is 0 Å². The Balaban J connectivity index is 1.25. The predicted octanol–water partition coefficient (Wildman–Crippen LogP) is 10.7. The summed E-state index contributed by atoms with van der Waals surface area (Å²) in [6.07, 6.45) is 0. The van der Waals surface area contributed by atoms with Crippen molar-refractivity contribution in [3.8, 4) is 22.5 Å². The SMILES string of the molecule is c1ccc(-n2c3ccccc3c3cc(-c4ccc5c(ccc6c5c5ccccc5n6-c5ccccc5)c4)ccc32)cc1. The van der Waals surface area contributed by atoms with Crippen molar-refractivity contribution >= 4 is 54.4 Å². The zero-order valence-corrected chi connectivity index (χ0v) is 22.9. The molecule has 0 aliphatic heterocycles. The first-order valence-corrected chi connectivity index (χ1v) is 14.5. The molecule has 0 N–H and O–H groups in total. The number of hydrogen-bond donors (Lipinski definition) is 0. The summed E-state index contributed by atoms with van der Waals surface area (Å²) in [6, 6.07) is 57.2. The summed E-state index contributed by atoms with van der Waals surface area (Å²) in [7, 11) is 0. The molecule has 9 aromatic rings. The van der Waals surface area contributed by atoms with Crippen LogP contribution in [-0.4, -0.2) is 9.13 Å². The van der Waals surface area contributed by atoms with Crippen LogP contribution in [0.15, 0.2) is 158 Å². The van der Waals surface area contributed by atoms with Gasteiger partial charge in [0, 0.05) is 32.9 Å². The van der Waals surface area contributed by atoms with E-state index in [9.17, 15) is 0 Å². The van der Waals surface area contributed by atoms with Crippen molar-refractivity contribution in [3.63, 3.8) is 0 Å². The molecule has 0 amide bonds. The van der Waals surface area contributed by atoms with Gasteiger partial charge in [0.2, 0.25) is 0 Å². The molecule has 2 heterocycles. The van der Waals surface area contributed by atoms with Crippen LogP contribution in [-0.2, 0) is 0 Å². The number of para-hydroxylation sites is 4. The molecule has 0 saturated heterocycles. The normalized spacial score (nSPS) is 11.8. The molecule has 0 bridgehead atoms. The summed E-state index contributed by atoms with van der Waals surface area (Å²) >= 11 is 0. The summed E-state index contributed by atoms with van der Waals surface area (Å²) in [6.45, 7) is 0. The van der Waals surface area contributed by atoms with Gasteiger partial charge in [0.1, 0.15) is 0 Å². The standard InChI is InChI=1S/C40H26N2/c1-3-11-30(12-4-1)41-36-17-9-7-15-33(36)35-26-28(20-23-38(35)41)27-19-22-32-29(25-27)21-24-39-40(32)34-16-8-10-18-37(34)42(39)31-13-5-2-6-14-31/h1-26H. The molecule has 0 aliphatic rings. The molecule has 2 nitrogen and oxygen atoms in total. The third-order valence-electron chi connectivity index (χ3n) is 8.69. The Morgan fingerprint density at radius 2 is 0.833 bits per heavy atom. The van der Waals surface area contributed by atoms with Gasteiger partial charge >= 0.3 is 0 Å². The van der Waals surface area contributed by atoms with Crippen molar-refractivity contribution < 1.29 is 0 Å². The van der Waals surface area contributed by atoms with Crippen LogP contribution in [0.1, 0.15) is 0 Å². The first kappa shape index (κ1) is 23.1. The molecule has 0 radical (unpaired) electrons. The van der Waals surface area contributed by atoms with Crippen LogP contribution >= 0.6 is 0 Å². The van der Waals surface area contributed by atoms with Crippen LogP contribution in [0.3, 0.4) is 0 Å². The molecule has 0 atom stereocenters. The highest BCUT2D eigenvalue weighted by molar-refractivity contribution is 6.21. The molecular weight excluding hydrogens is 508 g/mol. The van der Waals surface area contributed by atoms with Crippen molar-refractivity contribution in [2.75, 3.05) is 0 Å². The first-order valence-electron chi connectivity index (χ1n) is 14.5. The Labute approximate surface area is 243 Å². The maximum Gasteiger partial charge on any atom is 0.0547 e. The second-order valence-electron chi connectivity index (χ2n) is 11.0. The number of fused-ring (bicyclic) bond motifs is 8. The second kappa shape index (κ2) is 8.95. The summed E-state index contributed by atoms with van der Waals surface area (Å²) in [5, 5.41) is 7.67. The Bertz CT molecular complexity index is 2440. The third kappa shape index (κ3) is 3.33. The second-order valence-corrected chi connectivity index (χ2v) is 11.0. The van der Waals surface area contributed by atoms with E-state index in [0.717, 1.165) is 0 Å². The lowest BCUT2D eigenvalue weighted by atomic mass is 9.97. The Morgan fingerprint density at radius 3 is 1.57 bits per heavy atom. The van der Waals surface area contributed by atoms with Crippen LogP contribution in [0.4, 0.5) is 0 Å². The first-order chi connectivity index (χ1) is 20.8. The minimum Gasteiger partial charge on any atom is -0.309 e. The minimum absolute atomic E-state index is 1.18. The van der Waals surface area contributed by atoms with Gasteiger partial charge in [-0.05, 0) is 82.6 Å². The maximum atomic E-state index is 2.38. The van der Waals surface area contributed by atoms with E-state index in [-0.39, 0.29) is 0 Å². The summed E-state index contributed by atoms with van der Waals surface area (Å²) in [5.41, 5.74) is 9.74. The average Bonchev–Trinajstić information content (AvgIpc) is 3.58. The largest absolute Gasteiger partial charge is 0.309 e. The lowest BCUT2D eigenvalue weighted by Crippen LogP contribution is -1.93. The summed E-state index contributed by atoms with van der Waals surface area (Å²) in [5.74, 6) is 0. The zero-order valence-electron chi connectivity index (χ0n) is 22.9. The molecule has 0 aliphatic carbocycles. The predicted molar refractivity (Wildman–Crippen MR) is 178 cm³/mol. The van der Waals surface area contributed by atoms with Crippen molar-refractivity contribution in [2.24, 2.45) is 0 Å². The quantitative estimate of drug-likeness (QED) is 0.213. The van der Waals surface area contributed by atoms with Crippen LogP contribution in [0.5, 0.6) is 0 Å². The Morgan fingerprint density at radius 1 is 0.310 bits per heavy atom. The van der Waals surface area contributed by atoms with E-state index in [4.69, 9.17) is 0 Å². The van der Waals surface area contributed by atoms with E-state index in [1.54, 1.807) is 0 Å². The number of benzene rings is 7. The smallest absolute Gasteiger partial charge is 0.0547 e. The van der Waals surface area contributed by atoms with E-state index >= 15 is 0 Å². The highest BCUT2D eigenvalue weighted by Gasteiger charge is 2.16. The van der Waals surface area contributed by atoms with Crippen molar-refractivity contribution in [1.82, 2.24) is 9.13 Å². The highest BCUT2D eigenvalue weighted by Crippen LogP contribution is 2.39. The molecule has 0 spiro atoms. The Kier molecular flexibility index (Phi) is 4.93. The topological polar surface area (TPSA) is 9.86 Å². The van der Waals surface area contributed by atoms with E-state index < -0.39 is 0 Å². The van der Waals surface area contributed by atoms with Gasteiger partial charge in [-0.25, -0.2) is 0 Å². The number of hydrogen-bond acceptors (Lipinski definition) is 0. The van der Waals surface area contributed by atoms with Crippen molar-refractivity contribution in [3.05, 3.63) is 158 Å². The van der Waals surface area contributed by atoms with E-state index in [1.165, 1.54) is 76.9 Å². The van der Waals surface area contributed by atoms with Crippen molar-refractivity contribution in [2.45, 2.75) is 0 Å². The molecule has 0 unspecified atom stereocenters. The summed E-state index contributed by atoms with van der Waals surface area (Å²) in [4.78, 5) is 0. The fourth-order valence-corrected chi connectivity index (χ4v) is 6.84. The van der Waals surface area contributed by atoms with Gasteiger partial charge in [0.05, 0.1) is 22.1 Å². The molecule has 0 saturated carbocycles. The fourth-order valence-electron chi connectivity index (χ4n) is 6.84.